The standard InChI is InChI=1S/C19H20F2N4O/c20-14-5-6-16(21)13(9-14)10-24-7-8-25(11-18(24)26)19-15-3-1-2-4-17(15)22-12-23-19/h5-6,9,12H,1-4,7-8,10-11H2. The first kappa shape index (κ1) is 16.9. The number of fused-ring (bicyclic) bond motifs is 1. The van der Waals surface area contributed by atoms with E-state index < -0.39 is 11.6 Å². The molecule has 7 heteroatoms. The Morgan fingerprint density at radius 1 is 1.08 bits per heavy atom. The van der Waals surface area contributed by atoms with E-state index in [1.165, 1.54) is 0 Å². The largest absolute Gasteiger partial charge is 0.345 e. The van der Waals surface area contributed by atoms with Crippen molar-refractivity contribution < 1.29 is 13.6 Å². The van der Waals surface area contributed by atoms with E-state index in [0.717, 1.165) is 61.0 Å². The van der Waals surface area contributed by atoms with Crippen LogP contribution >= 0.6 is 0 Å². The van der Waals surface area contributed by atoms with Crippen molar-refractivity contribution in [2.24, 2.45) is 0 Å². The smallest absolute Gasteiger partial charge is 0.242 e. The number of anilines is 1. The van der Waals surface area contributed by atoms with Crippen LogP contribution < -0.4 is 4.90 Å². The lowest BCUT2D eigenvalue weighted by atomic mass is 9.96. The molecule has 0 bridgehead atoms. The molecule has 2 heterocycles. The minimum absolute atomic E-state index is 0.0815. The second-order valence-corrected chi connectivity index (χ2v) is 6.80. The van der Waals surface area contributed by atoms with Crippen molar-refractivity contribution >= 4 is 11.7 Å². The van der Waals surface area contributed by atoms with Gasteiger partial charge in [0, 0.05) is 36.5 Å². The van der Waals surface area contributed by atoms with Crippen molar-refractivity contribution in [3.05, 3.63) is 53.0 Å². The first-order valence-corrected chi connectivity index (χ1v) is 8.91. The number of hydrogen-bond donors (Lipinski definition) is 0. The summed E-state index contributed by atoms with van der Waals surface area (Å²) in [5.41, 5.74) is 2.43. The van der Waals surface area contributed by atoms with E-state index in [1.807, 2.05) is 4.90 Å². The number of nitrogens with zero attached hydrogens (tertiary/aromatic N) is 4. The van der Waals surface area contributed by atoms with Gasteiger partial charge in [0.15, 0.2) is 0 Å². The van der Waals surface area contributed by atoms with Crippen LogP contribution in [0.25, 0.3) is 0 Å². The highest BCUT2D eigenvalue weighted by molar-refractivity contribution is 5.82. The number of benzene rings is 1. The molecule has 0 spiro atoms. The Morgan fingerprint density at radius 3 is 2.77 bits per heavy atom. The van der Waals surface area contributed by atoms with Crippen molar-refractivity contribution in [1.29, 1.82) is 0 Å². The summed E-state index contributed by atoms with van der Waals surface area (Å²) >= 11 is 0. The summed E-state index contributed by atoms with van der Waals surface area (Å²) < 4.78 is 27.2. The summed E-state index contributed by atoms with van der Waals surface area (Å²) in [7, 11) is 0. The Kier molecular flexibility index (Phi) is 4.53. The van der Waals surface area contributed by atoms with E-state index in [0.29, 0.717) is 13.1 Å². The molecule has 5 nitrogen and oxygen atoms in total. The first-order valence-electron chi connectivity index (χ1n) is 8.91. The fourth-order valence-corrected chi connectivity index (χ4v) is 3.70. The third kappa shape index (κ3) is 3.25. The Morgan fingerprint density at radius 2 is 1.92 bits per heavy atom. The summed E-state index contributed by atoms with van der Waals surface area (Å²) in [5, 5.41) is 0. The molecule has 1 aliphatic heterocycles. The maximum atomic E-state index is 13.8. The normalized spacial score (nSPS) is 17.4. The van der Waals surface area contributed by atoms with Crippen molar-refractivity contribution in [2.45, 2.75) is 32.2 Å². The summed E-state index contributed by atoms with van der Waals surface area (Å²) in [4.78, 5) is 24.9. The first-order chi connectivity index (χ1) is 12.6. The van der Waals surface area contributed by atoms with E-state index in [2.05, 4.69) is 9.97 Å². The van der Waals surface area contributed by atoms with Gasteiger partial charge in [-0.25, -0.2) is 18.7 Å². The highest BCUT2D eigenvalue weighted by Gasteiger charge is 2.28. The molecule has 0 unspecified atom stereocenters. The molecule has 0 atom stereocenters. The molecule has 136 valence electrons. The topological polar surface area (TPSA) is 49.3 Å². The number of halogens is 2. The van der Waals surface area contributed by atoms with Crippen LogP contribution in [0.4, 0.5) is 14.6 Å². The molecule has 0 saturated carbocycles. The van der Waals surface area contributed by atoms with Crippen LogP contribution in [0.1, 0.15) is 29.7 Å². The highest BCUT2D eigenvalue weighted by atomic mass is 19.1. The summed E-state index contributed by atoms with van der Waals surface area (Å²) in [6, 6.07) is 3.32. The van der Waals surface area contributed by atoms with Gasteiger partial charge in [-0.05, 0) is 43.9 Å². The Bertz CT molecular complexity index is 842. The van der Waals surface area contributed by atoms with Crippen LogP contribution in [0.15, 0.2) is 24.5 Å². The second-order valence-electron chi connectivity index (χ2n) is 6.80. The van der Waals surface area contributed by atoms with Crippen molar-refractivity contribution in [3.8, 4) is 0 Å². The van der Waals surface area contributed by atoms with Gasteiger partial charge in [-0.15, -0.1) is 0 Å². The summed E-state index contributed by atoms with van der Waals surface area (Å²) in [5.74, 6) is -0.255. The number of amides is 1. The number of rotatable bonds is 3. The van der Waals surface area contributed by atoms with Crippen LogP contribution in [-0.2, 0) is 24.2 Å². The van der Waals surface area contributed by atoms with Crippen LogP contribution in [0.3, 0.4) is 0 Å². The molecule has 26 heavy (non-hydrogen) atoms. The molecule has 1 aliphatic carbocycles. The lowest BCUT2D eigenvalue weighted by Gasteiger charge is -2.36. The molecular formula is C19H20F2N4O. The monoisotopic (exact) mass is 358 g/mol. The minimum atomic E-state index is -0.500. The molecule has 2 aliphatic rings. The van der Waals surface area contributed by atoms with Crippen LogP contribution in [-0.4, -0.2) is 40.4 Å². The quantitative estimate of drug-likeness (QED) is 0.846. The fraction of sp³-hybridized carbons (Fsp3) is 0.421. The van der Waals surface area contributed by atoms with Gasteiger partial charge in [0.05, 0.1) is 6.54 Å². The number of piperazine rings is 1. The molecule has 1 amide bonds. The summed E-state index contributed by atoms with van der Waals surface area (Å²) in [6.45, 7) is 1.35. The second kappa shape index (κ2) is 6.97. The molecule has 1 aromatic carbocycles. The number of carbonyl (C=O) groups is 1. The number of carbonyl (C=O) groups excluding carboxylic acids is 1. The number of aryl methyl sites for hydroxylation is 1. The van der Waals surface area contributed by atoms with Gasteiger partial charge in [0.1, 0.15) is 23.8 Å². The van der Waals surface area contributed by atoms with E-state index in [9.17, 15) is 13.6 Å². The third-order valence-corrected chi connectivity index (χ3v) is 5.09. The predicted octanol–water partition coefficient (Wildman–Crippen LogP) is 2.48. The van der Waals surface area contributed by atoms with Gasteiger partial charge >= 0.3 is 0 Å². The number of hydrogen-bond acceptors (Lipinski definition) is 4. The molecule has 2 aromatic rings. The molecular weight excluding hydrogens is 338 g/mol. The van der Waals surface area contributed by atoms with E-state index in [4.69, 9.17) is 0 Å². The van der Waals surface area contributed by atoms with E-state index in [-0.39, 0.29) is 24.6 Å². The summed E-state index contributed by atoms with van der Waals surface area (Å²) in [6.07, 6.45) is 5.71. The van der Waals surface area contributed by atoms with Crippen molar-refractivity contribution in [2.75, 3.05) is 24.5 Å². The lowest BCUT2D eigenvalue weighted by molar-refractivity contribution is -0.131. The molecule has 1 fully saturated rings. The van der Waals surface area contributed by atoms with Gasteiger partial charge in [0.25, 0.3) is 0 Å². The van der Waals surface area contributed by atoms with Gasteiger partial charge in [-0.3, -0.25) is 4.79 Å². The lowest BCUT2D eigenvalue weighted by Crippen LogP contribution is -2.50. The van der Waals surface area contributed by atoms with Crippen LogP contribution in [0, 0.1) is 11.6 Å². The molecule has 1 saturated heterocycles. The van der Waals surface area contributed by atoms with Gasteiger partial charge in [-0.2, -0.15) is 0 Å². The molecule has 0 N–H and O–H groups in total. The Balaban J connectivity index is 1.49. The molecule has 4 rings (SSSR count). The third-order valence-electron chi connectivity index (χ3n) is 5.09. The molecule has 0 radical (unpaired) electrons. The zero-order chi connectivity index (χ0) is 18.1. The van der Waals surface area contributed by atoms with E-state index >= 15 is 0 Å². The Labute approximate surface area is 150 Å². The average Bonchev–Trinajstić information content (AvgIpc) is 2.66. The number of aromatic nitrogens is 2. The highest BCUT2D eigenvalue weighted by Crippen LogP contribution is 2.28. The predicted molar refractivity (Wildman–Crippen MR) is 92.7 cm³/mol. The maximum absolute atomic E-state index is 13.8. The fourth-order valence-electron chi connectivity index (χ4n) is 3.70. The van der Waals surface area contributed by atoms with Crippen LogP contribution in [0.2, 0.25) is 0 Å². The minimum Gasteiger partial charge on any atom is -0.345 e. The average molecular weight is 358 g/mol. The van der Waals surface area contributed by atoms with Gasteiger partial charge in [-0.1, -0.05) is 0 Å². The zero-order valence-corrected chi connectivity index (χ0v) is 14.4. The molecule has 1 aromatic heterocycles. The van der Waals surface area contributed by atoms with E-state index in [1.54, 1.807) is 11.2 Å². The maximum Gasteiger partial charge on any atom is 0.242 e. The van der Waals surface area contributed by atoms with Gasteiger partial charge in [0.2, 0.25) is 5.91 Å². The van der Waals surface area contributed by atoms with Crippen molar-refractivity contribution in [1.82, 2.24) is 14.9 Å². The van der Waals surface area contributed by atoms with Crippen molar-refractivity contribution in [3.63, 3.8) is 0 Å². The Hall–Kier alpha value is -2.57. The van der Waals surface area contributed by atoms with Crippen LogP contribution in [0.5, 0.6) is 0 Å². The SMILES string of the molecule is O=C1CN(c2ncnc3c2CCCC3)CCN1Cc1cc(F)ccc1F. The van der Waals surface area contributed by atoms with Gasteiger partial charge < -0.3 is 9.80 Å². The zero-order valence-electron chi connectivity index (χ0n) is 14.4.